The second kappa shape index (κ2) is 3.03. The molecule has 1 heterocycles. The maximum atomic E-state index is 9.18. The number of aromatic nitrogens is 1. The minimum absolute atomic E-state index is 0.693. The zero-order valence-electron chi connectivity index (χ0n) is 7.31. The molecule has 0 saturated carbocycles. The molecule has 66 valence electrons. The van der Waals surface area contributed by atoms with Gasteiger partial charge in [-0.25, -0.2) is 0 Å². The number of fused-ring (bicyclic) bond motifs is 1. The number of pyridine rings is 1. The van der Waals surface area contributed by atoms with Gasteiger partial charge in [0.15, 0.2) is 0 Å². The molecule has 1 aromatic carbocycles. The monoisotopic (exact) mass is 174 g/mol. The summed E-state index contributed by atoms with van der Waals surface area (Å²) < 4.78 is 0. The highest BCUT2D eigenvalue weighted by atomic mass is 16.5. The first-order valence-electron chi connectivity index (χ1n) is 4.05. The van der Waals surface area contributed by atoms with Gasteiger partial charge >= 0.3 is 0 Å². The predicted molar refractivity (Wildman–Crippen MR) is 51.9 cm³/mol. The van der Waals surface area contributed by atoms with Gasteiger partial charge in [0.05, 0.1) is 17.4 Å². The zero-order chi connectivity index (χ0) is 9.26. The fourth-order valence-corrected chi connectivity index (χ4v) is 1.24. The minimum Gasteiger partial charge on any atom is -0.289 e. The van der Waals surface area contributed by atoms with Crippen molar-refractivity contribution in [2.24, 2.45) is 0 Å². The topological polar surface area (TPSA) is 36.4 Å². The van der Waals surface area contributed by atoms with E-state index in [4.69, 9.17) is 0 Å². The summed E-state index contributed by atoms with van der Waals surface area (Å²) in [5.41, 5.74) is 1.63. The molecule has 1 N–H and O–H groups in total. The van der Waals surface area contributed by atoms with Crippen LogP contribution in [0.15, 0.2) is 36.5 Å². The van der Waals surface area contributed by atoms with Crippen molar-refractivity contribution >= 4 is 16.6 Å². The molecule has 0 aliphatic carbocycles. The Bertz CT molecular complexity index is 426. The maximum Gasteiger partial charge on any atom is 0.0820 e. The van der Waals surface area contributed by atoms with E-state index in [9.17, 15) is 5.21 Å². The first-order chi connectivity index (χ1) is 6.27. The van der Waals surface area contributed by atoms with Crippen LogP contribution in [0.1, 0.15) is 0 Å². The van der Waals surface area contributed by atoms with Crippen molar-refractivity contribution in [3.05, 3.63) is 36.5 Å². The van der Waals surface area contributed by atoms with Crippen LogP contribution in [0.25, 0.3) is 10.9 Å². The third-order valence-corrected chi connectivity index (χ3v) is 1.95. The van der Waals surface area contributed by atoms with Gasteiger partial charge in [0, 0.05) is 12.4 Å². The Morgan fingerprint density at radius 2 is 2.08 bits per heavy atom. The molecule has 2 aromatic rings. The van der Waals surface area contributed by atoms with Gasteiger partial charge in [0.1, 0.15) is 0 Å². The van der Waals surface area contributed by atoms with Crippen LogP contribution in [0.5, 0.6) is 0 Å². The van der Waals surface area contributed by atoms with Crippen LogP contribution < -0.4 is 5.06 Å². The van der Waals surface area contributed by atoms with Gasteiger partial charge in [-0.2, -0.15) is 0 Å². The predicted octanol–water partition coefficient (Wildman–Crippen LogP) is 2.06. The molecular weight excluding hydrogens is 164 g/mol. The van der Waals surface area contributed by atoms with Gasteiger partial charge in [0.2, 0.25) is 0 Å². The third-order valence-electron chi connectivity index (χ3n) is 1.95. The molecule has 0 aliphatic heterocycles. The quantitative estimate of drug-likeness (QED) is 0.672. The van der Waals surface area contributed by atoms with Gasteiger partial charge in [-0.05, 0) is 12.1 Å². The van der Waals surface area contributed by atoms with Gasteiger partial charge in [-0.1, -0.05) is 18.2 Å². The lowest BCUT2D eigenvalue weighted by Crippen LogP contribution is -2.09. The molecule has 0 radical (unpaired) electrons. The van der Waals surface area contributed by atoms with E-state index in [0.717, 1.165) is 16.0 Å². The van der Waals surface area contributed by atoms with E-state index >= 15 is 0 Å². The molecule has 13 heavy (non-hydrogen) atoms. The molecule has 2 rings (SSSR count). The second-order valence-electron chi connectivity index (χ2n) is 2.91. The Labute approximate surface area is 76.2 Å². The smallest absolute Gasteiger partial charge is 0.0820 e. The Morgan fingerprint density at radius 3 is 2.85 bits per heavy atom. The van der Waals surface area contributed by atoms with Crippen LogP contribution in [0, 0.1) is 0 Å². The first-order valence-corrected chi connectivity index (χ1v) is 4.05. The van der Waals surface area contributed by atoms with Crippen molar-refractivity contribution in [3.63, 3.8) is 0 Å². The van der Waals surface area contributed by atoms with Crippen molar-refractivity contribution in [1.29, 1.82) is 0 Å². The number of hydrogen-bond acceptors (Lipinski definition) is 3. The molecule has 0 fully saturated rings. The molecule has 0 bridgehead atoms. The third kappa shape index (κ3) is 1.46. The Hall–Kier alpha value is -1.61. The van der Waals surface area contributed by atoms with Crippen LogP contribution in [-0.2, 0) is 0 Å². The summed E-state index contributed by atoms with van der Waals surface area (Å²) in [6, 6.07) is 9.69. The first kappa shape index (κ1) is 8.01. The SMILES string of the molecule is CN(O)c1cnc2ccccc2c1. The molecule has 0 spiro atoms. The molecule has 0 amide bonds. The van der Waals surface area contributed by atoms with Crippen molar-refractivity contribution < 1.29 is 5.21 Å². The summed E-state index contributed by atoms with van der Waals surface area (Å²) in [5.74, 6) is 0. The maximum absolute atomic E-state index is 9.18. The standard InChI is InChI=1S/C10H10N2O/c1-12(13)9-6-8-4-2-3-5-10(8)11-7-9/h2-7,13H,1H3. The van der Waals surface area contributed by atoms with Gasteiger partial charge in [0.25, 0.3) is 0 Å². The van der Waals surface area contributed by atoms with Crippen molar-refractivity contribution in [1.82, 2.24) is 4.98 Å². The highest BCUT2D eigenvalue weighted by Crippen LogP contribution is 2.17. The van der Waals surface area contributed by atoms with E-state index in [0.29, 0.717) is 5.69 Å². The minimum atomic E-state index is 0.693. The largest absolute Gasteiger partial charge is 0.289 e. The highest BCUT2D eigenvalue weighted by Gasteiger charge is 1.98. The Morgan fingerprint density at radius 1 is 1.31 bits per heavy atom. The molecule has 0 unspecified atom stereocenters. The van der Waals surface area contributed by atoms with E-state index in [-0.39, 0.29) is 0 Å². The van der Waals surface area contributed by atoms with Gasteiger partial charge < -0.3 is 0 Å². The van der Waals surface area contributed by atoms with Crippen LogP contribution in [0.3, 0.4) is 0 Å². The number of para-hydroxylation sites is 1. The van der Waals surface area contributed by atoms with Crippen LogP contribution in [-0.4, -0.2) is 17.2 Å². The summed E-state index contributed by atoms with van der Waals surface area (Å²) >= 11 is 0. The summed E-state index contributed by atoms with van der Waals surface area (Å²) in [4.78, 5) is 4.20. The average Bonchev–Trinajstić information content (AvgIpc) is 2.17. The fraction of sp³-hybridized carbons (Fsp3) is 0.100. The van der Waals surface area contributed by atoms with Crippen LogP contribution >= 0.6 is 0 Å². The normalized spacial score (nSPS) is 10.3. The van der Waals surface area contributed by atoms with Crippen molar-refractivity contribution in [2.75, 3.05) is 12.1 Å². The molecule has 0 atom stereocenters. The molecular formula is C10H10N2O. The van der Waals surface area contributed by atoms with E-state index in [1.807, 2.05) is 30.3 Å². The number of hydrogen-bond donors (Lipinski definition) is 1. The molecule has 3 nitrogen and oxygen atoms in total. The Kier molecular flexibility index (Phi) is 1.87. The van der Waals surface area contributed by atoms with Crippen LogP contribution in [0.4, 0.5) is 5.69 Å². The van der Waals surface area contributed by atoms with Gasteiger partial charge in [-0.3, -0.25) is 15.3 Å². The van der Waals surface area contributed by atoms with Crippen molar-refractivity contribution in [2.45, 2.75) is 0 Å². The molecule has 3 heteroatoms. The lowest BCUT2D eigenvalue weighted by atomic mass is 10.2. The molecule has 0 saturated heterocycles. The zero-order valence-corrected chi connectivity index (χ0v) is 7.31. The lowest BCUT2D eigenvalue weighted by molar-refractivity contribution is 0.279. The number of hydroxylamine groups is 1. The van der Waals surface area contributed by atoms with E-state index < -0.39 is 0 Å². The second-order valence-corrected chi connectivity index (χ2v) is 2.91. The summed E-state index contributed by atoms with van der Waals surface area (Å²) in [5, 5.41) is 11.3. The summed E-state index contributed by atoms with van der Waals surface area (Å²) in [7, 11) is 1.58. The average molecular weight is 174 g/mol. The number of benzene rings is 1. The van der Waals surface area contributed by atoms with Crippen molar-refractivity contribution in [3.8, 4) is 0 Å². The van der Waals surface area contributed by atoms with E-state index in [2.05, 4.69) is 4.98 Å². The Balaban J connectivity index is 2.62. The fourth-order valence-electron chi connectivity index (χ4n) is 1.24. The highest BCUT2D eigenvalue weighted by molar-refractivity contribution is 5.81. The number of rotatable bonds is 1. The van der Waals surface area contributed by atoms with Crippen LogP contribution in [0.2, 0.25) is 0 Å². The van der Waals surface area contributed by atoms with E-state index in [1.54, 1.807) is 13.2 Å². The summed E-state index contributed by atoms with van der Waals surface area (Å²) in [6.07, 6.45) is 1.64. The molecule has 1 aromatic heterocycles. The summed E-state index contributed by atoms with van der Waals surface area (Å²) in [6.45, 7) is 0. The van der Waals surface area contributed by atoms with Gasteiger partial charge in [-0.15, -0.1) is 0 Å². The lowest BCUT2D eigenvalue weighted by Gasteiger charge is -2.09. The number of anilines is 1. The van der Waals surface area contributed by atoms with E-state index in [1.165, 1.54) is 0 Å². The number of nitrogens with zero attached hydrogens (tertiary/aromatic N) is 2. The molecule has 0 aliphatic rings.